The van der Waals surface area contributed by atoms with Gasteiger partial charge in [-0.05, 0) is 39.3 Å². The number of rotatable bonds is 9. The number of hydrogen-bond acceptors (Lipinski definition) is 2. The van der Waals surface area contributed by atoms with Crippen LogP contribution in [0.15, 0.2) is 0 Å². The van der Waals surface area contributed by atoms with Crippen molar-refractivity contribution in [3.63, 3.8) is 0 Å². The lowest BCUT2D eigenvalue weighted by molar-refractivity contribution is 0.267. The zero-order valence-electron chi connectivity index (χ0n) is 12.0. The van der Waals surface area contributed by atoms with Gasteiger partial charge in [0, 0.05) is 12.1 Å². The van der Waals surface area contributed by atoms with Gasteiger partial charge in [0.2, 0.25) is 0 Å². The van der Waals surface area contributed by atoms with Crippen LogP contribution in [0.5, 0.6) is 0 Å². The second-order valence-electron chi connectivity index (χ2n) is 5.89. The van der Waals surface area contributed by atoms with Gasteiger partial charge >= 0.3 is 0 Å². The maximum atomic E-state index is 3.65. The summed E-state index contributed by atoms with van der Waals surface area (Å²) in [6, 6.07) is 0. The van der Waals surface area contributed by atoms with Gasteiger partial charge in [-0.25, -0.2) is 0 Å². The highest BCUT2D eigenvalue weighted by atomic mass is 15.0. The lowest BCUT2D eigenvalue weighted by atomic mass is 9.91. The Kier molecular flexibility index (Phi) is 7.87. The molecule has 1 heterocycles. The summed E-state index contributed by atoms with van der Waals surface area (Å²) in [5.41, 5.74) is 0.362. The Morgan fingerprint density at radius 3 is 2.53 bits per heavy atom. The third kappa shape index (κ3) is 7.05. The molecule has 1 aliphatic rings. The van der Waals surface area contributed by atoms with Crippen molar-refractivity contribution in [2.75, 3.05) is 19.6 Å². The predicted molar refractivity (Wildman–Crippen MR) is 76.5 cm³/mol. The standard InChI is InChI=1S/C15H32N2/c1-3-4-5-6-7-9-12-16-14-15(2)11-8-10-13-17-15/h16-17H,3-14H2,1-2H3. The molecule has 17 heavy (non-hydrogen) atoms. The molecule has 2 heteroatoms. The Bertz CT molecular complexity index is 174. The third-order valence-electron chi connectivity index (χ3n) is 3.93. The SMILES string of the molecule is CCCCCCCCNCC1(C)CCCCN1. The van der Waals surface area contributed by atoms with Crippen LogP contribution in [0.4, 0.5) is 0 Å². The molecule has 1 fully saturated rings. The Morgan fingerprint density at radius 1 is 1.06 bits per heavy atom. The molecule has 0 aliphatic carbocycles. The Labute approximate surface area is 108 Å². The quantitative estimate of drug-likeness (QED) is 0.603. The maximum absolute atomic E-state index is 3.65. The average Bonchev–Trinajstić information content (AvgIpc) is 2.33. The highest BCUT2D eigenvalue weighted by Crippen LogP contribution is 2.17. The molecule has 1 atom stereocenters. The molecule has 0 aromatic carbocycles. The summed E-state index contributed by atoms with van der Waals surface area (Å²) >= 11 is 0. The topological polar surface area (TPSA) is 24.1 Å². The molecule has 102 valence electrons. The van der Waals surface area contributed by atoms with Crippen molar-refractivity contribution >= 4 is 0 Å². The summed E-state index contributed by atoms with van der Waals surface area (Å²) < 4.78 is 0. The second kappa shape index (κ2) is 8.93. The van der Waals surface area contributed by atoms with E-state index in [4.69, 9.17) is 0 Å². The zero-order valence-corrected chi connectivity index (χ0v) is 12.0. The van der Waals surface area contributed by atoms with Crippen molar-refractivity contribution in [2.45, 2.75) is 77.2 Å². The third-order valence-corrected chi connectivity index (χ3v) is 3.93. The minimum Gasteiger partial charge on any atom is -0.315 e. The van der Waals surface area contributed by atoms with Crippen LogP contribution in [0.1, 0.15) is 71.6 Å². The molecule has 0 aromatic rings. The molecule has 0 bridgehead atoms. The largest absolute Gasteiger partial charge is 0.315 e. The molecule has 0 radical (unpaired) electrons. The van der Waals surface area contributed by atoms with Crippen LogP contribution in [0.25, 0.3) is 0 Å². The summed E-state index contributed by atoms with van der Waals surface area (Å²) in [5.74, 6) is 0. The van der Waals surface area contributed by atoms with Crippen LogP contribution in [-0.4, -0.2) is 25.2 Å². The van der Waals surface area contributed by atoms with Gasteiger partial charge in [-0.15, -0.1) is 0 Å². The Morgan fingerprint density at radius 2 is 1.82 bits per heavy atom. The van der Waals surface area contributed by atoms with Gasteiger partial charge < -0.3 is 10.6 Å². The molecule has 2 nitrogen and oxygen atoms in total. The zero-order chi connectivity index (χ0) is 12.4. The van der Waals surface area contributed by atoms with Gasteiger partial charge in [-0.2, -0.15) is 0 Å². The summed E-state index contributed by atoms with van der Waals surface area (Å²) in [7, 11) is 0. The van der Waals surface area contributed by atoms with Crippen LogP contribution in [0.3, 0.4) is 0 Å². The summed E-state index contributed by atoms with van der Waals surface area (Å²) in [4.78, 5) is 0. The van der Waals surface area contributed by atoms with E-state index in [0.29, 0.717) is 5.54 Å². The van der Waals surface area contributed by atoms with Crippen LogP contribution in [0, 0.1) is 0 Å². The highest BCUT2D eigenvalue weighted by Gasteiger charge is 2.24. The van der Waals surface area contributed by atoms with Gasteiger partial charge in [0.15, 0.2) is 0 Å². The molecule has 0 aromatic heterocycles. The van der Waals surface area contributed by atoms with Crippen molar-refractivity contribution in [3.05, 3.63) is 0 Å². The molecule has 0 amide bonds. The number of unbranched alkanes of at least 4 members (excludes halogenated alkanes) is 5. The first kappa shape index (κ1) is 15.0. The lowest BCUT2D eigenvalue weighted by Crippen LogP contribution is -2.52. The summed E-state index contributed by atoms with van der Waals surface area (Å²) in [6.07, 6.45) is 12.4. The van der Waals surface area contributed by atoms with E-state index in [1.54, 1.807) is 0 Å². The van der Waals surface area contributed by atoms with Crippen LogP contribution < -0.4 is 10.6 Å². The smallest absolute Gasteiger partial charge is 0.0277 e. The first-order valence-electron chi connectivity index (χ1n) is 7.72. The van der Waals surface area contributed by atoms with Gasteiger partial charge in [-0.1, -0.05) is 45.4 Å². The van der Waals surface area contributed by atoms with E-state index in [-0.39, 0.29) is 0 Å². The lowest BCUT2D eigenvalue weighted by Gasteiger charge is -2.35. The monoisotopic (exact) mass is 240 g/mol. The van der Waals surface area contributed by atoms with E-state index in [2.05, 4.69) is 24.5 Å². The highest BCUT2D eigenvalue weighted by molar-refractivity contribution is 4.88. The fraction of sp³-hybridized carbons (Fsp3) is 1.00. The van der Waals surface area contributed by atoms with E-state index >= 15 is 0 Å². The van der Waals surface area contributed by atoms with Gasteiger partial charge in [0.25, 0.3) is 0 Å². The maximum Gasteiger partial charge on any atom is 0.0277 e. The summed E-state index contributed by atoms with van der Waals surface area (Å²) in [5, 5.41) is 7.28. The van der Waals surface area contributed by atoms with E-state index < -0.39 is 0 Å². The number of hydrogen-bond donors (Lipinski definition) is 2. The fourth-order valence-electron chi connectivity index (χ4n) is 2.66. The molecule has 0 spiro atoms. The van der Waals surface area contributed by atoms with Crippen molar-refractivity contribution in [1.29, 1.82) is 0 Å². The van der Waals surface area contributed by atoms with E-state index in [1.807, 2.05) is 0 Å². The van der Waals surface area contributed by atoms with E-state index in [1.165, 1.54) is 70.9 Å². The van der Waals surface area contributed by atoms with Gasteiger partial charge in [0.1, 0.15) is 0 Å². The summed E-state index contributed by atoms with van der Waals surface area (Å²) in [6.45, 7) is 8.18. The molecule has 1 rings (SSSR count). The predicted octanol–water partition coefficient (Wildman–Crippen LogP) is 3.47. The average molecular weight is 240 g/mol. The molecular weight excluding hydrogens is 208 g/mol. The van der Waals surface area contributed by atoms with Crippen molar-refractivity contribution in [2.24, 2.45) is 0 Å². The minimum absolute atomic E-state index is 0.362. The minimum atomic E-state index is 0.362. The second-order valence-corrected chi connectivity index (χ2v) is 5.89. The first-order valence-corrected chi connectivity index (χ1v) is 7.72. The Balaban J connectivity index is 1.89. The molecule has 0 saturated carbocycles. The Hall–Kier alpha value is -0.0800. The molecule has 1 unspecified atom stereocenters. The first-order chi connectivity index (χ1) is 8.27. The van der Waals surface area contributed by atoms with Crippen molar-refractivity contribution in [3.8, 4) is 0 Å². The molecule has 2 N–H and O–H groups in total. The number of piperidine rings is 1. The molecule has 1 saturated heterocycles. The van der Waals surface area contributed by atoms with Gasteiger partial charge in [0.05, 0.1) is 0 Å². The molecular formula is C15H32N2. The number of nitrogens with one attached hydrogen (secondary N) is 2. The van der Waals surface area contributed by atoms with E-state index in [9.17, 15) is 0 Å². The molecule has 1 aliphatic heterocycles. The van der Waals surface area contributed by atoms with E-state index in [0.717, 1.165) is 6.54 Å². The fourth-order valence-corrected chi connectivity index (χ4v) is 2.66. The van der Waals surface area contributed by atoms with Crippen molar-refractivity contribution < 1.29 is 0 Å². The van der Waals surface area contributed by atoms with Gasteiger partial charge in [-0.3, -0.25) is 0 Å². The van der Waals surface area contributed by atoms with Crippen LogP contribution >= 0.6 is 0 Å². The van der Waals surface area contributed by atoms with Crippen LogP contribution in [-0.2, 0) is 0 Å². The van der Waals surface area contributed by atoms with Crippen molar-refractivity contribution in [1.82, 2.24) is 10.6 Å². The van der Waals surface area contributed by atoms with Crippen LogP contribution in [0.2, 0.25) is 0 Å². The normalized spacial score (nSPS) is 25.1.